The van der Waals surface area contributed by atoms with Crippen molar-refractivity contribution in [3.8, 4) is 0 Å². The van der Waals surface area contributed by atoms with Crippen molar-refractivity contribution in [2.75, 3.05) is 6.54 Å². The molecule has 4 saturated carbocycles. The van der Waals surface area contributed by atoms with Crippen molar-refractivity contribution in [2.24, 2.45) is 35.3 Å². The van der Waals surface area contributed by atoms with E-state index in [1.165, 1.54) is 38.6 Å². The second kappa shape index (κ2) is 3.46. The third-order valence-electron chi connectivity index (χ3n) is 6.07. The zero-order valence-electron chi connectivity index (χ0n) is 10.1. The van der Waals surface area contributed by atoms with Crippen LogP contribution in [0.2, 0.25) is 0 Å². The maximum Gasteiger partial charge on any atom is 0.0136 e. The number of fused-ring (bicyclic) bond motifs is 5. The Labute approximate surface area is 98.3 Å². The monoisotopic (exact) mass is 220 g/mol. The van der Waals surface area contributed by atoms with E-state index >= 15 is 0 Å². The van der Waals surface area contributed by atoms with Crippen LogP contribution in [0.3, 0.4) is 0 Å². The van der Waals surface area contributed by atoms with Crippen LogP contribution in [-0.4, -0.2) is 18.6 Å². The highest BCUT2D eigenvalue weighted by molar-refractivity contribution is 5.16. The lowest BCUT2D eigenvalue weighted by Crippen LogP contribution is -2.35. The molecule has 0 saturated heterocycles. The summed E-state index contributed by atoms with van der Waals surface area (Å²) in [6.07, 6.45) is 8.62. The van der Waals surface area contributed by atoms with E-state index in [2.05, 4.69) is 5.32 Å². The molecule has 4 aliphatic rings. The molecule has 4 fully saturated rings. The molecule has 0 aromatic rings. The van der Waals surface area contributed by atoms with Crippen LogP contribution in [0.4, 0.5) is 0 Å². The molecule has 0 radical (unpaired) electrons. The third kappa shape index (κ3) is 1.32. The van der Waals surface area contributed by atoms with Gasteiger partial charge in [-0.15, -0.1) is 0 Å². The first kappa shape index (κ1) is 9.90. The summed E-state index contributed by atoms with van der Waals surface area (Å²) in [7, 11) is 0. The fourth-order valence-electron chi connectivity index (χ4n) is 5.20. The Hall–Kier alpha value is -0.0800. The molecular weight excluding hydrogens is 196 g/mol. The van der Waals surface area contributed by atoms with Crippen molar-refractivity contribution < 1.29 is 0 Å². The first-order valence-electron chi connectivity index (χ1n) is 7.33. The molecule has 0 heterocycles. The lowest BCUT2D eigenvalue weighted by molar-refractivity contribution is 0.400. The topological polar surface area (TPSA) is 38.0 Å². The van der Waals surface area contributed by atoms with E-state index in [9.17, 15) is 0 Å². The van der Waals surface area contributed by atoms with E-state index in [-0.39, 0.29) is 0 Å². The molecule has 0 aromatic heterocycles. The summed E-state index contributed by atoms with van der Waals surface area (Å²) in [5, 5.41) is 3.85. The standard InChI is InChI=1S/C14H24N2/c15-11-3-1-2-10(11)7-16-14-12-8-4-5-9(6-8)13(12)14/h8-14,16H,1-7,15H2. The molecule has 0 aromatic carbocycles. The van der Waals surface area contributed by atoms with E-state index in [0.717, 1.165) is 35.6 Å². The summed E-state index contributed by atoms with van der Waals surface area (Å²) in [5.74, 6) is 5.14. The molecule has 6 unspecified atom stereocenters. The van der Waals surface area contributed by atoms with Gasteiger partial charge in [-0.05, 0) is 68.2 Å². The van der Waals surface area contributed by atoms with Crippen LogP contribution in [0.15, 0.2) is 0 Å². The average molecular weight is 220 g/mol. The van der Waals surface area contributed by atoms with Gasteiger partial charge in [0.05, 0.1) is 0 Å². The molecule has 2 heteroatoms. The van der Waals surface area contributed by atoms with E-state index in [4.69, 9.17) is 5.73 Å². The Kier molecular flexibility index (Phi) is 2.14. The average Bonchev–Trinajstić information content (AvgIpc) is 2.70. The van der Waals surface area contributed by atoms with Crippen LogP contribution in [0.5, 0.6) is 0 Å². The molecule has 2 nitrogen and oxygen atoms in total. The lowest BCUT2D eigenvalue weighted by atomic mass is 10.0. The maximum atomic E-state index is 6.13. The number of nitrogens with one attached hydrogen (secondary N) is 1. The van der Waals surface area contributed by atoms with Crippen molar-refractivity contribution >= 4 is 0 Å². The van der Waals surface area contributed by atoms with Crippen LogP contribution < -0.4 is 11.1 Å². The fourth-order valence-corrected chi connectivity index (χ4v) is 5.20. The number of hydrogen-bond donors (Lipinski definition) is 2. The largest absolute Gasteiger partial charge is 0.327 e. The van der Waals surface area contributed by atoms with Crippen molar-refractivity contribution in [3.63, 3.8) is 0 Å². The van der Waals surface area contributed by atoms with Gasteiger partial charge < -0.3 is 11.1 Å². The van der Waals surface area contributed by atoms with Crippen LogP contribution in [0, 0.1) is 29.6 Å². The second-order valence-electron chi connectivity index (χ2n) is 6.78. The molecule has 6 atom stereocenters. The van der Waals surface area contributed by atoms with Gasteiger partial charge in [0.15, 0.2) is 0 Å². The molecule has 4 aliphatic carbocycles. The summed E-state index contributed by atoms with van der Waals surface area (Å²) in [6.45, 7) is 1.21. The normalized spacial score (nSPS) is 57.9. The van der Waals surface area contributed by atoms with Crippen LogP contribution >= 0.6 is 0 Å². The lowest BCUT2D eigenvalue weighted by Gasteiger charge is -2.17. The Morgan fingerprint density at radius 2 is 1.75 bits per heavy atom. The van der Waals surface area contributed by atoms with Crippen molar-refractivity contribution in [1.82, 2.24) is 5.32 Å². The van der Waals surface area contributed by atoms with E-state index in [1.807, 2.05) is 0 Å². The maximum absolute atomic E-state index is 6.13. The van der Waals surface area contributed by atoms with Gasteiger partial charge in [0.1, 0.15) is 0 Å². The van der Waals surface area contributed by atoms with Crippen LogP contribution in [-0.2, 0) is 0 Å². The second-order valence-corrected chi connectivity index (χ2v) is 6.78. The zero-order valence-corrected chi connectivity index (χ0v) is 10.1. The van der Waals surface area contributed by atoms with E-state index in [0.29, 0.717) is 6.04 Å². The minimum Gasteiger partial charge on any atom is -0.327 e. The Morgan fingerprint density at radius 3 is 2.38 bits per heavy atom. The molecule has 0 aliphatic heterocycles. The minimum atomic E-state index is 0.489. The highest BCUT2D eigenvalue weighted by atomic mass is 15.0. The van der Waals surface area contributed by atoms with Gasteiger partial charge in [0, 0.05) is 12.1 Å². The smallest absolute Gasteiger partial charge is 0.0136 e. The quantitative estimate of drug-likeness (QED) is 0.760. The van der Waals surface area contributed by atoms with Gasteiger partial charge in [-0.1, -0.05) is 6.42 Å². The van der Waals surface area contributed by atoms with Crippen molar-refractivity contribution in [1.29, 1.82) is 0 Å². The Morgan fingerprint density at radius 1 is 1.00 bits per heavy atom. The Balaban J connectivity index is 1.31. The SMILES string of the molecule is NC1CCCC1CNC1C2C3CCC(C3)C12. The summed E-state index contributed by atoms with van der Waals surface area (Å²) in [4.78, 5) is 0. The molecule has 4 rings (SSSR count). The van der Waals surface area contributed by atoms with Gasteiger partial charge >= 0.3 is 0 Å². The van der Waals surface area contributed by atoms with Crippen LogP contribution in [0.25, 0.3) is 0 Å². The van der Waals surface area contributed by atoms with Crippen LogP contribution in [0.1, 0.15) is 38.5 Å². The van der Waals surface area contributed by atoms with Gasteiger partial charge in [-0.2, -0.15) is 0 Å². The number of nitrogens with two attached hydrogens (primary N) is 1. The van der Waals surface area contributed by atoms with Gasteiger partial charge in [-0.25, -0.2) is 0 Å². The third-order valence-corrected chi connectivity index (χ3v) is 6.07. The van der Waals surface area contributed by atoms with Crippen molar-refractivity contribution in [2.45, 2.75) is 50.6 Å². The van der Waals surface area contributed by atoms with E-state index in [1.54, 1.807) is 6.42 Å². The summed E-state index contributed by atoms with van der Waals surface area (Å²) in [6, 6.07) is 1.39. The molecule has 3 N–H and O–H groups in total. The van der Waals surface area contributed by atoms with E-state index < -0.39 is 0 Å². The molecular formula is C14H24N2. The summed E-state index contributed by atoms with van der Waals surface area (Å²) >= 11 is 0. The number of rotatable bonds is 3. The predicted octanol–water partition coefficient (Wildman–Crippen LogP) is 1.75. The molecule has 90 valence electrons. The molecule has 0 amide bonds. The minimum absolute atomic E-state index is 0.489. The first-order chi connectivity index (χ1) is 7.84. The highest BCUT2D eigenvalue weighted by Crippen LogP contribution is 2.65. The van der Waals surface area contributed by atoms with Gasteiger partial charge in [0.25, 0.3) is 0 Å². The summed E-state index contributed by atoms with van der Waals surface area (Å²) < 4.78 is 0. The Bertz CT molecular complexity index is 274. The fraction of sp³-hybridized carbons (Fsp3) is 1.00. The van der Waals surface area contributed by atoms with Gasteiger partial charge in [0.2, 0.25) is 0 Å². The highest BCUT2D eigenvalue weighted by Gasteiger charge is 2.64. The van der Waals surface area contributed by atoms with Gasteiger partial charge in [-0.3, -0.25) is 0 Å². The zero-order chi connectivity index (χ0) is 10.7. The number of hydrogen-bond acceptors (Lipinski definition) is 2. The summed E-state index contributed by atoms with van der Waals surface area (Å²) in [5.41, 5.74) is 6.13. The molecule has 16 heavy (non-hydrogen) atoms. The first-order valence-corrected chi connectivity index (χ1v) is 7.33. The molecule has 2 bridgehead atoms. The predicted molar refractivity (Wildman–Crippen MR) is 64.9 cm³/mol. The van der Waals surface area contributed by atoms with Crippen molar-refractivity contribution in [3.05, 3.63) is 0 Å². The molecule has 0 spiro atoms.